The van der Waals surface area contributed by atoms with Crippen LogP contribution in [0.15, 0.2) is 0 Å². The third kappa shape index (κ3) is 3.85. The van der Waals surface area contributed by atoms with Crippen molar-refractivity contribution in [2.75, 3.05) is 11.5 Å². The van der Waals surface area contributed by atoms with E-state index in [4.69, 9.17) is 0 Å². The van der Waals surface area contributed by atoms with E-state index in [9.17, 15) is 8.60 Å². The molecule has 2 atom stereocenters. The van der Waals surface area contributed by atoms with Crippen molar-refractivity contribution in [1.29, 1.82) is 0 Å². The predicted octanol–water partition coefficient (Wildman–Crippen LogP) is 2.04. The monoisotopic (exact) mass is 178 g/mol. The molecule has 0 aromatic heterocycles. The third-order valence-corrected chi connectivity index (χ3v) is 3.48. The average Bonchev–Trinajstić information content (AvgIpc) is 2.06. The first-order valence-corrected chi connectivity index (χ1v) is 5.77. The highest BCUT2D eigenvalue weighted by molar-refractivity contribution is 7.84. The second-order valence-corrected chi connectivity index (χ2v) is 4.78. The molecule has 11 heavy (non-hydrogen) atoms. The lowest BCUT2D eigenvalue weighted by Gasteiger charge is -2.03. The first kappa shape index (κ1) is 9.17. The molecule has 0 saturated carbocycles. The van der Waals surface area contributed by atoms with Crippen molar-refractivity contribution < 1.29 is 8.60 Å². The lowest BCUT2D eigenvalue weighted by Crippen LogP contribution is -2.06. The fraction of sp³-hybridized carbons (Fsp3) is 1.00. The highest BCUT2D eigenvalue weighted by Gasteiger charge is 2.11. The Bertz CT molecular complexity index is 138. The molecular weight excluding hydrogens is 163 g/mol. The van der Waals surface area contributed by atoms with Crippen LogP contribution in [0.3, 0.4) is 0 Å². The SMILES string of the molecule is O=S1CCCCCC(F)CC1. The molecule has 2 unspecified atom stereocenters. The molecule has 1 fully saturated rings. The van der Waals surface area contributed by atoms with Crippen LogP contribution in [0.5, 0.6) is 0 Å². The van der Waals surface area contributed by atoms with E-state index in [2.05, 4.69) is 0 Å². The van der Waals surface area contributed by atoms with Gasteiger partial charge in [0, 0.05) is 22.3 Å². The second-order valence-electron chi connectivity index (χ2n) is 3.08. The second kappa shape index (κ2) is 4.86. The molecule has 0 aromatic rings. The number of hydrogen-bond donors (Lipinski definition) is 0. The summed E-state index contributed by atoms with van der Waals surface area (Å²) < 4.78 is 23.9. The van der Waals surface area contributed by atoms with Crippen LogP contribution in [0.2, 0.25) is 0 Å². The average molecular weight is 178 g/mol. The highest BCUT2D eigenvalue weighted by atomic mass is 32.2. The molecule has 1 aliphatic heterocycles. The number of hydrogen-bond acceptors (Lipinski definition) is 1. The molecule has 0 aromatic carbocycles. The Morgan fingerprint density at radius 1 is 1.09 bits per heavy atom. The summed E-state index contributed by atoms with van der Waals surface area (Å²) in [5.74, 6) is 1.36. The number of halogens is 1. The van der Waals surface area contributed by atoms with E-state index in [-0.39, 0.29) is 0 Å². The summed E-state index contributed by atoms with van der Waals surface area (Å²) in [5, 5.41) is 0. The van der Waals surface area contributed by atoms with Gasteiger partial charge < -0.3 is 0 Å². The van der Waals surface area contributed by atoms with E-state index in [0.717, 1.165) is 25.0 Å². The highest BCUT2D eigenvalue weighted by Crippen LogP contribution is 2.13. The largest absolute Gasteiger partial charge is 0.260 e. The Balaban J connectivity index is 2.31. The molecular formula is C8H15FOS. The molecule has 0 aliphatic carbocycles. The van der Waals surface area contributed by atoms with Crippen molar-refractivity contribution in [2.24, 2.45) is 0 Å². The quantitative estimate of drug-likeness (QED) is 0.554. The fourth-order valence-corrected chi connectivity index (χ4v) is 2.56. The van der Waals surface area contributed by atoms with E-state index in [0.29, 0.717) is 18.6 Å². The van der Waals surface area contributed by atoms with Crippen molar-refractivity contribution in [2.45, 2.75) is 38.3 Å². The maximum Gasteiger partial charge on any atom is 0.101 e. The predicted molar refractivity (Wildman–Crippen MR) is 45.9 cm³/mol. The molecule has 1 nitrogen and oxygen atoms in total. The van der Waals surface area contributed by atoms with E-state index < -0.39 is 17.0 Å². The van der Waals surface area contributed by atoms with Crippen molar-refractivity contribution in [3.05, 3.63) is 0 Å². The molecule has 0 N–H and O–H groups in total. The summed E-state index contributed by atoms with van der Waals surface area (Å²) in [6.07, 6.45) is 3.52. The molecule has 0 amide bonds. The standard InChI is InChI=1S/C8H15FOS/c9-8-4-2-1-3-6-11(10)7-5-8/h8H,1-7H2. The van der Waals surface area contributed by atoms with Crippen LogP contribution in [-0.2, 0) is 10.8 Å². The van der Waals surface area contributed by atoms with Gasteiger partial charge in [0.05, 0.1) is 0 Å². The lowest BCUT2D eigenvalue weighted by atomic mass is 10.1. The maximum atomic E-state index is 12.8. The Morgan fingerprint density at radius 2 is 1.91 bits per heavy atom. The van der Waals surface area contributed by atoms with Crippen molar-refractivity contribution >= 4 is 10.8 Å². The Hall–Kier alpha value is 0.0800. The zero-order valence-corrected chi connectivity index (χ0v) is 7.54. The Morgan fingerprint density at radius 3 is 2.73 bits per heavy atom. The van der Waals surface area contributed by atoms with E-state index in [1.54, 1.807) is 0 Å². The molecule has 0 bridgehead atoms. The smallest absolute Gasteiger partial charge is 0.101 e. The zero-order valence-electron chi connectivity index (χ0n) is 6.72. The zero-order chi connectivity index (χ0) is 8.10. The van der Waals surface area contributed by atoms with Crippen LogP contribution in [0.1, 0.15) is 32.1 Å². The van der Waals surface area contributed by atoms with Crippen molar-refractivity contribution in [1.82, 2.24) is 0 Å². The lowest BCUT2D eigenvalue weighted by molar-refractivity contribution is 0.300. The van der Waals surface area contributed by atoms with Crippen LogP contribution < -0.4 is 0 Å². The van der Waals surface area contributed by atoms with Crippen LogP contribution in [0, 0.1) is 0 Å². The van der Waals surface area contributed by atoms with Gasteiger partial charge in [-0.2, -0.15) is 0 Å². The van der Waals surface area contributed by atoms with Crippen molar-refractivity contribution in [3.63, 3.8) is 0 Å². The van der Waals surface area contributed by atoms with Gasteiger partial charge in [-0.1, -0.05) is 12.8 Å². The van der Waals surface area contributed by atoms with E-state index in [1.165, 1.54) is 0 Å². The minimum absolute atomic E-state index is 0.507. The molecule has 1 rings (SSSR count). The van der Waals surface area contributed by atoms with Gasteiger partial charge in [0.1, 0.15) is 6.17 Å². The fourth-order valence-electron chi connectivity index (χ4n) is 1.31. The summed E-state index contributed by atoms with van der Waals surface area (Å²) in [5.41, 5.74) is 0. The van der Waals surface area contributed by atoms with Crippen LogP contribution >= 0.6 is 0 Å². The Kier molecular flexibility index (Phi) is 4.05. The van der Waals surface area contributed by atoms with Gasteiger partial charge in [0.25, 0.3) is 0 Å². The molecule has 0 radical (unpaired) electrons. The molecule has 66 valence electrons. The Labute approximate surface area is 69.8 Å². The summed E-state index contributed by atoms with van der Waals surface area (Å²) >= 11 is 0. The molecule has 3 heteroatoms. The first-order valence-electron chi connectivity index (χ1n) is 4.28. The summed E-state index contributed by atoms with van der Waals surface area (Å²) in [4.78, 5) is 0. The van der Waals surface area contributed by atoms with Gasteiger partial charge in [-0.25, -0.2) is 4.39 Å². The minimum atomic E-state index is -0.740. The van der Waals surface area contributed by atoms with Crippen LogP contribution in [0.25, 0.3) is 0 Å². The normalized spacial score (nSPS) is 35.4. The van der Waals surface area contributed by atoms with Gasteiger partial charge in [0.2, 0.25) is 0 Å². The van der Waals surface area contributed by atoms with Gasteiger partial charge >= 0.3 is 0 Å². The van der Waals surface area contributed by atoms with Gasteiger partial charge in [-0.15, -0.1) is 0 Å². The van der Waals surface area contributed by atoms with Crippen LogP contribution in [-0.4, -0.2) is 21.9 Å². The topological polar surface area (TPSA) is 17.1 Å². The summed E-state index contributed by atoms with van der Waals surface area (Å²) in [6.45, 7) is 0. The first-order chi connectivity index (χ1) is 5.29. The molecule has 0 spiro atoms. The summed E-state index contributed by atoms with van der Waals surface area (Å²) in [7, 11) is -0.740. The third-order valence-electron chi connectivity index (χ3n) is 2.05. The minimum Gasteiger partial charge on any atom is -0.260 e. The van der Waals surface area contributed by atoms with E-state index >= 15 is 0 Å². The van der Waals surface area contributed by atoms with Crippen molar-refractivity contribution in [3.8, 4) is 0 Å². The van der Waals surface area contributed by atoms with Crippen LogP contribution in [0.4, 0.5) is 4.39 Å². The van der Waals surface area contributed by atoms with E-state index in [1.807, 2.05) is 0 Å². The molecule has 1 saturated heterocycles. The molecule has 1 heterocycles. The maximum absolute atomic E-state index is 12.8. The van der Waals surface area contributed by atoms with Gasteiger partial charge in [-0.3, -0.25) is 4.21 Å². The summed E-state index contributed by atoms with van der Waals surface area (Å²) in [6, 6.07) is 0. The molecule has 1 aliphatic rings. The van der Waals surface area contributed by atoms with Gasteiger partial charge in [0.15, 0.2) is 0 Å². The number of alkyl halides is 1. The van der Waals surface area contributed by atoms with Gasteiger partial charge in [-0.05, 0) is 19.3 Å². The number of rotatable bonds is 0.